The van der Waals surface area contributed by atoms with E-state index in [1.807, 2.05) is 24.3 Å². The van der Waals surface area contributed by atoms with Crippen molar-refractivity contribution in [2.24, 2.45) is 11.8 Å². The van der Waals surface area contributed by atoms with Crippen LogP contribution in [0.1, 0.15) is 45.1 Å². The Hall–Kier alpha value is -3.87. The number of fused-ring (bicyclic) bond motifs is 1. The van der Waals surface area contributed by atoms with E-state index in [1.165, 1.54) is 0 Å². The lowest BCUT2D eigenvalue weighted by atomic mass is 9.89. The minimum atomic E-state index is -5.07. The molecule has 0 saturated carbocycles. The van der Waals surface area contributed by atoms with E-state index in [4.69, 9.17) is 0 Å². The predicted molar refractivity (Wildman–Crippen MR) is 148 cm³/mol. The number of carbonyl (C=O) groups excluding carboxylic acids is 3. The van der Waals surface area contributed by atoms with Crippen LogP contribution in [0.2, 0.25) is 0 Å². The first-order valence-corrected chi connectivity index (χ1v) is 13.9. The molecule has 0 bridgehead atoms. The molecule has 0 spiro atoms. The largest absolute Gasteiger partial charge is 0.465 e. The molecule has 10 nitrogen and oxygen atoms in total. The van der Waals surface area contributed by atoms with Gasteiger partial charge >= 0.3 is 12.3 Å². The average Bonchev–Trinajstić information content (AvgIpc) is 2.91. The van der Waals surface area contributed by atoms with Crippen LogP contribution in [-0.4, -0.2) is 71.0 Å². The minimum absolute atomic E-state index is 0.0182. The van der Waals surface area contributed by atoms with Crippen LogP contribution in [0.4, 0.5) is 18.0 Å². The molecule has 0 aliphatic carbocycles. The first-order valence-electron chi connectivity index (χ1n) is 13.9. The van der Waals surface area contributed by atoms with E-state index in [9.17, 15) is 42.6 Å². The van der Waals surface area contributed by atoms with Crippen molar-refractivity contribution in [2.75, 3.05) is 6.54 Å². The lowest BCUT2D eigenvalue weighted by Crippen LogP contribution is -2.58. The van der Waals surface area contributed by atoms with Gasteiger partial charge in [0.25, 0.3) is 0 Å². The number of alkyl halides is 3. The quantitative estimate of drug-likeness (QED) is 0.222. The van der Waals surface area contributed by atoms with Crippen LogP contribution in [-0.2, 0) is 20.8 Å². The van der Waals surface area contributed by atoms with Gasteiger partial charge in [-0.15, -0.1) is 0 Å². The molecule has 230 valence electrons. The Balaban J connectivity index is 1.82. The van der Waals surface area contributed by atoms with Crippen LogP contribution in [0, 0.1) is 11.8 Å². The molecule has 5 atom stereocenters. The molecule has 0 radical (unpaired) electrons. The van der Waals surface area contributed by atoms with Crippen LogP contribution < -0.4 is 21.3 Å². The molecule has 2 unspecified atom stereocenters. The number of hydrogen-bond acceptors (Lipinski definition) is 5. The predicted octanol–water partition coefficient (Wildman–Crippen LogP) is 2.87. The Morgan fingerprint density at radius 1 is 1.00 bits per heavy atom. The number of carbonyl (C=O) groups is 4. The zero-order valence-corrected chi connectivity index (χ0v) is 23.4. The fourth-order valence-electron chi connectivity index (χ4n) is 5.17. The van der Waals surface area contributed by atoms with Gasteiger partial charge in [0, 0.05) is 18.9 Å². The number of piperidine rings is 1. The third-order valence-electron chi connectivity index (χ3n) is 7.24. The molecular formula is C29H37F3N4O6. The maximum Gasteiger partial charge on any atom is 0.416 e. The van der Waals surface area contributed by atoms with Gasteiger partial charge in [0.1, 0.15) is 12.1 Å². The van der Waals surface area contributed by atoms with E-state index in [-0.39, 0.29) is 18.8 Å². The summed E-state index contributed by atoms with van der Waals surface area (Å²) in [6, 6.07) is 8.20. The molecule has 3 rings (SSSR count). The second kappa shape index (κ2) is 14.3. The topological polar surface area (TPSA) is 157 Å². The van der Waals surface area contributed by atoms with Crippen LogP contribution in [0.5, 0.6) is 0 Å². The average molecular weight is 595 g/mol. The fourth-order valence-corrected chi connectivity index (χ4v) is 5.17. The highest BCUT2D eigenvalue weighted by Crippen LogP contribution is 2.28. The standard InChI is InChI=1S/C29H37F3N4O6/c1-16(2)13-22(26(39)34-21(24(37)29(30,31)32)15-19-10-6-12-33-25(19)38)35-27(40)23(36-28(41)42)14-18-9-5-8-17-7-3-4-11-20(17)18/h3-5,7-9,11,16,19,21-24,36-37H,6,10,12-15H2,1-2H3,(H,33,38)(H,34,39)(H,35,40)(H,41,42)/t19?,21-,22-,23-,24?/m0/s1. The van der Waals surface area contributed by atoms with E-state index in [0.29, 0.717) is 24.9 Å². The first-order chi connectivity index (χ1) is 19.8. The molecular weight excluding hydrogens is 557 g/mol. The van der Waals surface area contributed by atoms with Crippen molar-refractivity contribution in [3.8, 4) is 0 Å². The highest BCUT2D eigenvalue weighted by Gasteiger charge is 2.46. The summed E-state index contributed by atoms with van der Waals surface area (Å²) in [5.41, 5.74) is 0.672. The molecule has 6 N–H and O–H groups in total. The van der Waals surface area contributed by atoms with Gasteiger partial charge < -0.3 is 31.5 Å². The summed E-state index contributed by atoms with van der Waals surface area (Å²) in [6.45, 7) is 3.87. The SMILES string of the molecule is CC(C)C[C@H](NC(=O)[C@H](Cc1cccc2ccccc12)NC(=O)O)C(=O)N[C@@H](CC1CCCNC1=O)C(O)C(F)(F)F. The van der Waals surface area contributed by atoms with Crippen LogP contribution >= 0.6 is 0 Å². The Bertz CT molecular complexity index is 1270. The molecule has 1 aliphatic heterocycles. The molecule has 2 aromatic carbocycles. The molecule has 2 aromatic rings. The van der Waals surface area contributed by atoms with Crippen molar-refractivity contribution in [3.05, 3.63) is 48.0 Å². The van der Waals surface area contributed by atoms with Crippen molar-refractivity contribution in [1.29, 1.82) is 0 Å². The van der Waals surface area contributed by atoms with Crippen molar-refractivity contribution in [2.45, 2.75) is 76.4 Å². The summed E-state index contributed by atoms with van der Waals surface area (Å²) in [4.78, 5) is 50.4. The lowest BCUT2D eigenvalue weighted by Gasteiger charge is -2.32. The number of halogens is 3. The van der Waals surface area contributed by atoms with E-state index >= 15 is 0 Å². The summed E-state index contributed by atoms with van der Waals surface area (Å²) in [5.74, 6) is -3.33. The smallest absolute Gasteiger partial charge is 0.416 e. The van der Waals surface area contributed by atoms with E-state index in [1.54, 1.807) is 32.0 Å². The molecule has 1 fully saturated rings. The number of aliphatic hydroxyl groups is 1. The molecule has 1 aliphatic rings. The highest BCUT2D eigenvalue weighted by atomic mass is 19.4. The van der Waals surface area contributed by atoms with E-state index in [0.717, 1.165) is 10.8 Å². The number of amides is 4. The second-order valence-corrected chi connectivity index (χ2v) is 11.0. The Morgan fingerprint density at radius 3 is 2.31 bits per heavy atom. The van der Waals surface area contributed by atoms with Crippen LogP contribution in [0.15, 0.2) is 42.5 Å². The Labute approximate surface area is 241 Å². The minimum Gasteiger partial charge on any atom is -0.465 e. The zero-order chi connectivity index (χ0) is 31.0. The lowest BCUT2D eigenvalue weighted by molar-refractivity contribution is -0.213. The van der Waals surface area contributed by atoms with Crippen molar-refractivity contribution >= 4 is 34.6 Å². The summed E-state index contributed by atoms with van der Waals surface area (Å²) in [7, 11) is 0. The number of aliphatic hydroxyl groups excluding tert-OH is 1. The fraction of sp³-hybridized carbons (Fsp3) is 0.517. The number of rotatable bonds is 12. The number of nitrogens with one attached hydrogen (secondary N) is 4. The third-order valence-corrected chi connectivity index (χ3v) is 7.24. The summed E-state index contributed by atoms with van der Waals surface area (Å²) in [6.07, 6.45) is -9.14. The highest BCUT2D eigenvalue weighted by molar-refractivity contribution is 5.92. The first kappa shape index (κ1) is 32.6. The number of carboxylic acid groups (broad SMARTS) is 1. The molecule has 42 heavy (non-hydrogen) atoms. The summed E-state index contributed by atoms with van der Waals surface area (Å²) >= 11 is 0. The zero-order valence-electron chi connectivity index (χ0n) is 23.4. The van der Waals surface area contributed by atoms with Gasteiger partial charge in [0.2, 0.25) is 17.7 Å². The molecule has 0 aromatic heterocycles. The van der Waals surface area contributed by atoms with Gasteiger partial charge in [-0.2, -0.15) is 13.2 Å². The maximum absolute atomic E-state index is 13.5. The normalized spacial score (nSPS) is 18.5. The molecule has 13 heteroatoms. The Kier molecular flexibility index (Phi) is 11.1. The number of hydrogen-bond donors (Lipinski definition) is 6. The molecule has 1 heterocycles. The van der Waals surface area contributed by atoms with Gasteiger partial charge in [0.15, 0.2) is 6.10 Å². The monoisotopic (exact) mass is 594 g/mol. The van der Waals surface area contributed by atoms with Gasteiger partial charge in [-0.1, -0.05) is 56.3 Å². The molecule has 4 amide bonds. The van der Waals surface area contributed by atoms with Crippen molar-refractivity contribution < 1.29 is 42.6 Å². The number of benzene rings is 2. The summed E-state index contributed by atoms with van der Waals surface area (Å²) < 4.78 is 40.6. The second-order valence-electron chi connectivity index (χ2n) is 11.0. The van der Waals surface area contributed by atoms with Crippen LogP contribution in [0.3, 0.4) is 0 Å². The van der Waals surface area contributed by atoms with Crippen molar-refractivity contribution in [1.82, 2.24) is 21.3 Å². The van der Waals surface area contributed by atoms with Gasteiger partial charge in [-0.3, -0.25) is 14.4 Å². The summed E-state index contributed by atoms with van der Waals surface area (Å²) in [5, 5.41) is 30.6. The maximum atomic E-state index is 13.5. The van der Waals surface area contributed by atoms with Gasteiger partial charge in [0.05, 0.1) is 6.04 Å². The third kappa shape index (κ3) is 9.07. The Morgan fingerprint density at radius 2 is 1.67 bits per heavy atom. The van der Waals surface area contributed by atoms with E-state index < -0.39 is 66.6 Å². The van der Waals surface area contributed by atoms with Crippen molar-refractivity contribution in [3.63, 3.8) is 0 Å². The van der Waals surface area contributed by atoms with Crippen LogP contribution in [0.25, 0.3) is 10.8 Å². The molecule has 1 saturated heterocycles. The van der Waals surface area contributed by atoms with E-state index in [2.05, 4.69) is 21.3 Å². The van der Waals surface area contributed by atoms with Gasteiger partial charge in [-0.25, -0.2) is 4.79 Å². The van der Waals surface area contributed by atoms with Gasteiger partial charge in [-0.05, 0) is 47.9 Å².